The van der Waals surface area contributed by atoms with E-state index in [1.54, 1.807) is 18.2 Å². The molecule has 0 aromatic heterocycles. The number of carbonyl (C=O) groups is 2. The van der Waals surface area contributed by atoms with Crippen molar-refractivity contribution < 1.29 is 81.8 Å². The number of phenols is 1. The Kier molecular flexibility index (Phi) is 17.9. The van der Waals surface area contributed by atoms with Gasteiger partial charge in [-0.25, -0.2) is 0 Å². The molecular formula is C17H27NNa2O4. The summed E-state index contributed by atoms with van der Waals surface area (Å²) in [6.45, 7) is 0.603. The minimum atomic E-state index is -0.722. The van der Waals surface area contributed by atoms with Crippen molar-refractivity contribution in [1.82, 2.24) is 5.32 Å². The number of aliphatic carboxylic acids is 1. The molecule has 24 heavy (non-hydrogen) atoms. The third-order valence-corrected chi connectivity index (χ3v) is 3.50. The Morgan fingerprint density at radius 1 is 0.917 bits per heavy atom. The summed E-state index contributed by atoms with van der Waals surface area (Å²) in [6.07, 6.45) is 7.21. The van der Waals surface area contributed by atoms with Crippen LogP contribution in [0.3, 0.4) is 0 Å². The van der Waals surface area contributed by atoms with Gasteiger partial charge in [-0.15, -0.1) is 0 Å². The molecule has 0 aliphatic heterocycles. The molecule has 0 fully saturated rings. The molecule has 0 aliphatic carbocycles. The van der Waals surface area contributed by atoms with Gasteiger partial charge in [-0.05, 0) is 25.0 Å². The Bertz CT molecular complexity index is 494. The van der Waals surface area contributed by atoms with E-state index in [4.69, 9.17) is 5.11 Å². The van der Waals surface area contributed by atoms with Crippen molar-refractivity contribution in [2.75, 3.05) is 6.54 Å². The summed E-state index contributed by atoms with van der Waals surface area (Å²) in [4.78, 5) is 22.1. The number of hydrogen-bond donors (Lipinski definition) is 3. The molecule has 0 radical (unpaired) electrons. The second-order valence-corrected chi connectivity index (χ2v) is 5.39. The summed E-state index contributed by atoms with van der Waals surface area (Å²) in [6, 6.07) is 6.50. The van der Waals surface area contributed by atoms with E-state index in [-0.39, 0.29) is 80.0 Å². The number of phenolic OH excluding ortho intramolecular Hbond substituents is 1. The first-order chi connectivity index (χ1) is 10.6. The molecule has 0 bridgehead atoms. The van der Waals surface area contributed by atoms with E-state index in [9.17, 15) is 14.7 Å². The van der Waals surface area contributed by atoms with Crippen molar-refractivity contribution in [3.05, 3.63) is 29.8 Å². The number of carbonyl (C=O) groups excluding carboxylic acids is 1. The maximum absolute atomic E-state index is 11.8. The van der Waals surface area contributed by atoms with Crippen LogP contribution in [0.15, 0.2) is 24.3 Å². The van der Waals surface area contributed by atoms with Crippen LogP contribution in [0.25, 0.3) is 0 Å². The quantitative estimate of drug-likeness (QED) is 0.304. The molecule has 1 aromatic carbocycles. The molecule has 1 aromatic rings. The van der Waals surface area contributed by atoms with Crippen molar-refractivity contribution >= 4 is 11.9 Å². The predicted molar refractivity (Wildman–Crippen MR) is 87.2 cm³/mol. The number of carboxylic acids is 1. The molecule has 0 unspecified atom stereocenters. The van der Waals surface area contributed by atoms with E-state index >= 15 is 0 Å². The van der Waals surface area contributed by atoms with Gasteiger partial charge in [0.05, 0.1) is 5.56 Å². The Morgan fingerprint density at radius 2 is 1.46 bits per heavy atom. The summed E-state index contributed by atoms with van der Waals surface area (Å²) >= 11 is 0. The Balaban J connectivity index is -0.000000605. The monoisotopic (exact) mass is 355 g/mol. The van der Waals surface area contributed by atoms with Crippen LogP contribution < -0.4 is 64.4 Å². The van der Waals surface area contributed by atoms with Crippen LogP contribution in [0.2, 0.25) is 0 Å². The maximum Gasteiger partial charge on any atom is 1.00 e. The van der Waals surface area contributed by atoms with Gasteiger partial charge in [-0.1, -0.05) is 44.2 Å². The second-order valence-electron chi connectivity index (χ2n) is 5.39. The number of benzene rings is 1. The molecule has 0 saturated carbocycles. The minimum absolute atomic E-state index is 0. The first-order valence-electron chi connectivity index (χ1n) is 7.89. The maximum atomic E-state index is 11.8. The minimum Gasteiger partial charge on any atom is -1.00 e. The fraction of sp³-hybridized carbons (Fsp3) is 0.529. The summed E-state index contributed by atoms with van der Waals surface area (Å²) < 4.78 is 0. The van der Waals surface area contributed by atoms with Crippen LogP contribution in [0.4, 0.5) is 0 Å². The van der Waals surface area contributed by atoms with Crippen LogP contribution in [-0.2, 0) is 4.79 Å². The third kappa shape index (κ3) is 12.3. The molecule has 126 valence electrons. The smallest absolute Gasteiger partial charge is 1.00 e. The van der Waals surface area contributed by atoms with Crippen molar-refractivity contribution in [1.29, 1.82) is 0 Å². The average molecular weight is 355 g/mol. The number of para-hydroxylation sites is 1. The summed E-state index contributed by atoms with van der Waals surface area (Å²) in [5.74, 6) is -0.965. The Morgan fingerprint density at radius 3 is 2.04 bits per heavy atom. The standard InChI is InChI=1S/C17H25NO4.2Na.2H/c19-15-11-8-7-10-14(15)17(22)18-13-9-5-3-1-2-4-6-12-16(20)21;;;;/h7-8,10-11,19H,1-6,9,12-13H2,(H,18,22)(H,20,21);;;;/q;2*+1;2*-1. The molecule has 1 amide bonds. The number of unbranched alkanes of at least 4 members (excludes halogenated alkanes) is 6. The fourth-order valence-electron chi connectivity index (χ4n) is 2.25. The molecule has 7 heteroatoms. The van der Waals surface area contributed by atoms with Crippen molar-refractivity contribution in [2.45, 2.75) is 51.4 Å². The molecule has 1 rings (SSSR count). The first-order valence-corrected chi connectivity index (χ1v) is 7.89. The van der Waals surface area contributed by atoms with Gasteiger partial charge in [0.2, 0.25) is 0 Å². The van der Waals surface area contributed by atoms with Crippen LogP contribution in [-0.4, -0.2) is 28.6 Å². The summed E-state index contributed by atoms with van der Waals surface area (Å²) in [5.41, 5.74) is 0.306. The predicted octanol–water partition coefficient (Wildman–Crippen LogP) is -2.44. The number of carboxylic acid groups (broad SMARTS) is 1. The van der Waals surface area contributed by atoms with Crippen LogP contribution in [0, 0.1) is 0 Å². The van der Waals surface area contributed by atoms with E-state index in [1.807, 2.05) is 0 Å². The number of nitrogens with one attached hydrogen (secondary N) is 1. The largest absolute Gasteiger partial charge is 1.00 e. The Hall–Kier alpha value is -0.0400. The van der Waals surface area contributed by atoms with Gasteiger partial charge in [0.15, 0.2) is 0 Å². The van der Waals surface area contributed by atoms with Crippen LogP contribution >= 0.6 is 0 Å². The van der Waals surface area contributed by atoms with Gasteiger partial charge < -0.3 is 18.4 Å². The molecular weight excluding hydrogens is 328 g/mol. The van der Waals surface area contributed by atoms with E-state index in [0.29, 0.717) is 12.1 Å². The normalized spacial score (nSPS) is 9.50. The molecule has 0 atom stereocenters. The molecule has 0 aliphatic rings. The SMILES string of the molecule is O=C(O)CCCCCCCCCNC(=O)c1ccccc1O.[H-].[H-].[Na+].[Na+]. The van der Waals surface area contributed by atoms with Gasteiger partial charge in [0.1, 0.15) is 5.75 Å². The van der Waals surface area contributed by atoms with E-state index in [0.717, 1.165) is 44.9 Å². The van der Waals surface area contributed by atoms with E-state index < -0.39 is 5.97 Å². The summed E-state index contributed by atoms with van der Waals surface area (Å²) in [5, 5.41) is 20.9. The molecule has 3 N–H and O–H groups in total. The zero-order valence-corrected chi connectivity index (χ0v) is 18.9. The Labute approximate surface area is 191 Å². The van der Waals surface area contributed by atoms with E-state index in [2.05, 4.69) is 5.32 Å². The summed E-state index contributed by atoms with van der Waals surface area (Å²) in [7, 11) is 0. The molecule has 0 heterocycles. The number of aromatic hydroxyl groups is 1. The van der Waals surface area contributed by atoms with E-state index in [1.165, 1.54) is 6.07 Å². The van der Waals surface area contributed by atoms with Crippen molar-refractivity contribution in [2.24, 2.45) is 0 Å². The zero-order chi connectivity index (χ0) is 16.2. The van der Waals surface area contributed by atoms with Gasteiger partial charge in [-0.2, -0.15) is 0 Å². The number of amides is 1. The second kappa shape index (κ2) is 16.4. The number of hydrogen-bond acceptors (Lipinski definition) is 3. The first kappa shape index (κ1) is 26.2. The van der Waals surface area contributed by atoms with Crippen molar-refractivity contribution in [3.8, 4) is 5.75 Å². The van der Waals surface area contributed by atoms with Gasteiger partial charge in [0, 0.05) is 13.0 Å². The molecule has 0 saturated heterocycles. The van der Waals surface area contributed by atoms with Gasteiger partial charge in [-0.3, -0.25) is 9.59 Å². The zero-order valence-electron chi connectivity index (χ0n) is 16.9. The van der Waals surface area contributed by atoms with Crippen molar-refractivity contribution in [3.63, 3.8) is 0 Å². The molecule has 5 nitrogen and oxygen atoms in total. The number of rotatable bonds is 11. The van der Waals surface area contributed by atoms with Crippen LogP contribution in [0.5, 0.6) is 5.75 Å². The van der Waals surface area contributed by atoms with Crippen LogP contribution in [0.1, 0.15) is 64.6 Å². The van der Waals surface area contributed by atoms with Gasteiger partial charge >= 0.3 is 65.1 Å². The topological polar surface area (TPSA) is 86.6 Å². The fourth-order valence-corrected chi connectivity index (χ4v) is 2.25. The molecule has 0 spiro atoms. The van der Waals surface area contributed by atoms with Gasteiger partial charge in [0.25, 0.3) is 5.91 Å². The third-order valence-electron chi connectivity index (χ3n) is 3.50. The average Bonchev–Trinajstić information content (AvgIpc) is 2.49.